The Morgan fingerprint density at radius 1 is 1.11 bits per heavy atom. The lowest BCUT2D eigenvalue weighted by molar-refractivity contribution is -0.117. The minimum absolute atomic E-state index is 0.108. The zero-order valence-corrected chi connectivity index (χ0v) is 11.5. The van der Waals surface area contributed by atoms with E-state index in [1.54, 1.807) is 6.92 Å². The molecule has 0 bridgehead atoms. The van der Waals surface area contributed by atoms with Crippen LogP contribution in [-0.4, -0.2) is 12.4 Å². The van der Waals surface area contributed by atoms with Crippen LogP contribution in [0.4, 0.5) is 0 Å². The number of ether oxygens (including phenoxy) is 1. The first-order valence-corrected chi connectivity index (χ1v) is 6.52. The van der Waals surface area contributed by atoms with Crippen LogP contribution in [0.5, 0.6) is 5.75 Å². The maximum Gasteiger partial charge on any atom is 0.137 e. The summed E-state index contributed by atoms with van der Waals surface area (Å²) in [6.07, 6.45) is 0.400. The Morgan fingerprint density at radius 2 is 1.84 bits per heavy atom. The molecule has 2 aromatic carbocycles. The fourth-order valence-electron chi connectivity index (χ4n) is 1.73. The van der Waals surface area contributed by atoms with Crippen LogP contribution >= 0.6 is 11.6 Å². The third kappa shape index (κ3) is 3.83. The molecule has 0 fully saturated rings. The van der Waals surface area contributed by atoms with Crippen molar-refractivity contribution in [3.05, 3.63) is 53.6 Å². The van der Waals surface area contributed by atoms with Gasteiger partial charge in [-0.1, -0.05) is 48.0 Å². The zero-order valence-electron chi connectivity index (χ0n) is 10.7. The van der Waals surface area contributed by atoms with E-state index in [4.69, 9.17) is 16.3 Å². The first-order chi connectivity index (χ1) is 9.16. The molecule has 0 unspecified atom stereocenters. The number of hydrogen-bond acceptors (Lipinski definition) is 2. The summed E-state index contributed by atoms with van der Waals surface area (Å²) >= 11 is 6.18. The third-order valence-corrected chi connectivity index (χ3v) is 3.05. The van der Waals surface area contributed by atoms with Crippen LogP contribution < -0.4 is 4.74 Å². The number of hydrogen-bond donors (Lipinski definition) is 0. The maximum atomic E-state index is 10.8. The minimum atomic E-state index is 0.108. The van der Waals surface area contributed by atoms with Gasteiger partial charge in [-0.3, -0.25) is 4.79 Å². The van der Waals surface area contributed by atoms with E-state index in [2.05, 4.69) is 0 Å². The maximum absolute atomic E-state index is 10.8. The third-order valence-electron chi connectivity index (χ3n) is 2.75. The van der Waals surface area contributed by atoms with E-state index < -0.39 is 0 Å². The molecule has 2 rings (SSSR count). The van der Waals surface area contributed by atoms with Gasteiger partial charge in [0.2, 0.25) is 0 Å². The van der Waals surface area contributed by atoms with E-state index >= 15 is 0 Å². The molecule has 0 N–H and O–H groups in total. The predicted molar refractivity (Wildman–Crippen MR) is 77.7 cm³/mol. The molecule has 0 spiro atoms. The topological polar surface area (TPSA) is 26.3 Å². The Hall–Kier alpha value is -1.80. The molecule has 0 saturated carbocycles. The summed E-state index contributed by atoms with van der Waals surface area (Å²) in [6.45, 7) is 1.91. The lowest BCUT2D eigenvalue weighted by Gasteiger charge is -2.09. The van der Waals surface area contributed by atoms with Crippen LogP contribution in [-0.2, 0) is 4.79 Å². The van der Waals surface area contributed by atoms with E-state index in [0.29, 0.717) is 23.8 Å². The number of halogens is 1. The predicted octanol–water partition coefficient (Wildman–Crippen LogP) is 4.36. The molecule has 2 nitrogen and oxygen atoms in total. The van der Waals surface area contributed by atoms with Crippen LogP contribution in [0.1, 0.15) is 13.3 Å². The van der Waals surface area contributed by atoms with Gasteiger partial charge in [-0.15, -0.1) is 0 Å². The average molecular weight is 275 g/mol. The van der Waals surface area contributed by atoms with Crippen LogP contribution in [0.2, 0.25) is 5.02 Å². The van der Waals surface area contributed by atoms with Crippen molar-refractivity contribution in [1.29, 1.82) is 0 Å². The lowest BCUT2D eigenvalue weighted by atomic mass is 10.1. The summed E-state index contributed by atoms with van der Waals surface area (Å²) < 4.78 is 5.49. The minimum Gasteiger partial charge on any atom is -0.492 e. The molecule has 0 amide bonds. The van der Waals surface area contributed by atoms with Crippen LogP contribution in [0.3, 0.4) is 0 Å². The highest BCUT2D eigenvalue weighted by Crippen LogP contribution is 2.30. The Labute approximate surface area is 118 Å². The second kappa shape index (κ2) is 6.39. The van der Waals surface area contributed by atoms with E-state index in [0.717, 1.165) is 11.1 Å². The highest BCUT2D eigenvalue weighted by molar-refractivity contribution is 6.32. The van der Waals surface area contributed by atoms with Gasteiger partial charge in [0, 0.05) is 6.42 Å². The van der Waals surface area contributed by atoms with Crippen molar-refractivity contribution in [2.24, 2.45) is 0 Å². The number of Topliss-reactive ketones (excluding diaryl/α,β-unsaturated/α-hetero) is 1. The van der Waals surface area contributed by atoms with Crippen molar-refractivity contribution in [3.63, 3.8) is 0 Å². The molecule has 0 radical (unpaired) electrons. The van der Waals surface area contributed by atoms with Gasteiger partial charge in [-0.2, -0.15) is 0 Å². The Morgan fingerprint density at radius 3 is 2.47 bits per heavy atom. The molecule has 19 heavy (non-hydrogen) atoms. The Bertz CT molecular complexity index is 564. The Balaban J connectivity index is 2.11. The van der Waals surface area contributed by atoms with Gasteiger partial charge in [0.15, 0.2) is 0 Å². The number of benzene rings is 2. The highest BCUT2D eigenvalue weighted by atomic mass is 35.5. The molecule has 2 aromatic rings. The summed E-state index contributed by atoms with van der Waals surface area (Å²) in [5, 5.41) is 0.560. The van der Waals surface area contributed by atoms with Gasteiger partial charge in [-0.25, -0.2) is 0 Å². The molecule has 0 atom stereocenters. The molecule has 0 saturated heterocycles. The summed E-state index contributed by atoms with van der Waals surface area (Å²) in [4.78, 5) is 10.8. The van der Waals surface area contributed by atoms with Gasteiger partial charge in [0.05, 0.1) is 11.6 Å². The van der Waals surface area contributed by atoms with Gasteiger partial charge in [0.1, 0.15) is 11.5 Å². The summed E-state index contributed by atoms with van der Waals surface area (Å²) in [5.74, 6) is 0.722. The van der Waals surface area contributed by atoms with Crippen molar-refractivity contribution in [1.82, 2.24) is 0 Å². The molecular formula is C16H15ClO2. The van der Waals surface area contributed by atoms with Gasteiger partial charge >= 0.3 is 0 Å². The van der Waals surface area contributed by atoms with Crippen molar-refractivity contribution >= 4 is 17.4 Å². The largest absolute Gasteiger partial charge is 0.492 e. The molecule has 98 valence electrons. The smallest absolute Gasteiger partial charge is 0.137 e. The molecular weight excluding hydrogens is 260 g/mol. The summed E-state index contributed by atoms with van der Waals surface area (Å²) in [6, 6.07) is 15.7. The van der Waals surface area contributed by atoms with Crippen molar-refractivity contribution < 1.29 is 9.53 Å². The van der Waals surface area contributed by atoms with Gasteiger partial charge in [0.25, 0.3) is 0 Å². The molecule has 0 aliphatic heterocycles. The van der Waals surface area contributed by atoms with Crippen LogP contribution in [0.15, 0.2) is 48.5 Å². The van der Waals surface area contributed by atoms with Gasteiger partial charge < -0.3 is 4.74 Å². The lowest BCUT2D eigenvalue weighted by Crippen LogP contribution is -2.02. The molecule has 0 aliphatic carbocycles. The fraction of sp³-hybridized carbons (Fsp3) is 0.188. The zero-order chi connectivity index (χ0) is 13.7. The van der Waals surface area contributed by atoms with Crippen molar-refractivity contribution in [2.75, 3.05) is 6.61 Å². The number of carbonyl (C=O) groups is 1. The first-order valence-electron chi connectivity index (χ1n) is 6.14. The average Bonchev–Trinajstić information content (AvgIpc) is 2.41. The fourth-order valence-corrected chi connectivity index (χ4v) is 1.97. The van der Waals surface area contributed by atoms with E-state index in [9.17, 15) is 4.79 Å². The van der Waals surface area contributed by atoms with Crippen LogP contribution in [0.25, 0.3) is 11.1 Å². The van der Waals surface area contributed by atoms with E-state index in [1.165, 1.54) is 0 Å². The Kier molecular flexibility index (Phi) is 4.58. The van der Waals surface area contributed by atoms with Crippen molar-refractivity contribution in [3.8, 4) is 16.9 Å². The van der Waals surface area contributed by atoms with Crippen LogP contribution in [0, 0.1) is 0 Å². The summed E-state index contributed by atoms with van der Waals surface area (Å²) in [7, 11) is 0. The SMILES string of the molecule is CC(=O)CCOc1ccc(-c2ccccc2)cc1Cl. The van der Waals surface area contributed by atoms with Gasteiger partial charge in [-0.05, 0) is 30.2 Å². The monoisotopic (exact) mass is 274 g/mol. The molecule has 3 heteroatoms. The standard InChI is InChI=1S/C16H15ClO2/c1-12(18)9-10-19-16-8-7-14(11-15(16)17)13-5-3-2-4-6-13/h2-8,11H,9-10H2,1H3. The summed E-state index contributed by atoms with van der Waals surface area (Å²) in [5.41, 5.74) is 2.16. The highest BCUT2D eigenvalue weighted by Gasteiger charge is 2.05. The van der Waals surface area contributed by atoms with Crippen molar-refractivity contribution in [2.45, 2.75) is 13.3 Å². The normalized spacial score (nSPS) is 10.2. The quantitative estimate of drug-likeness (QED) is 0.809. The second-order valence-electron chi connectivity index (χ2n) is 4.31. The second-order valence-corrected chi connectivity index (χ2v) is 4.72. The number of carbonyl (C=O) groups excluding carboxylic acids is 1. The molecule has 0 aromatic heterocycles. The molecule has 0 aliphatic rings. The first kappa shape index (κ1) is 13.6. The molecule has 0 heterocycles. The number of ketones is 1. The van der Waals surface area contributed by atoms with E-state index in [1.807, 2.05) is 48.5 Å². The number of rotatable bonds is 5. The van der Waals surface area contributed by atoms with E-state index in [-0.39, 0.29) is 5.78 Å².